The van der Waals surface area contributed by atoms with Crippen molar-refractivity contribution in [2.45, 2.75) is 56.4 Å². The van der Waals surface area contributed by atoms with Gasteiger partial charge in [-0.25, -0.2) is 9.59 Å². The van der Waals surface area contributed by atoms with Crippen molar-refractivity contribution < 1.29 is 14.7 Å². The van der Waals surface area contributed by atoms with E-state index in [4.69, 9.17) is 5.11 Å². The fourth-order valence-corrected chi connectivity index (χ4v) is 3.04. The van der Waals surface area contributed by atoms with Crippen LogP contribution in [0.4, 0.5) is 4.79 Å². The van der Waals surface area contributed by atoms with Crippen LogP contribution in [-0.4, -0.2) is 40.7 Å². The van der Waals surface area contributed by atoms with Gasteiger partial charge in [0, 0.05) is 11.3 Å². The van der Waals surface area contributed by atoms with Crippen molar-refractivity contribution >= 4 is 23.8 Å². The van der Waals surface area contributed by atoms with Crippen molar-refractivity contribution in [2.75, 3.05) is 6.26 Å². The fourth-order valence-electron chi connectivity index (χ4n) is 2.21. The molecule has 0 aromatic rings. The summed E-state index contributed by atoms with van der Waals surface area (Å²) < 4.78 is 0. The summed E-state index contributed by atoms with van der Waals surface area (Å²) in [6, 6.07) is -0.997. The van der Waals surface area contributed by atoms with Crippen LogP contribution in [0, 0.1) is 0 Å². The molecule has 18 heavy (non-hydrogen) atoms. The normalized spacial score (nSPS) is 25.2. The van der Waals surface area contributed by atoms with Crippen LogP contribution < -0.4 is 10.6 Å². The molecular weight excluding hydrogens is 252 g/mol. The van der Waals surface area contributed by atoms with Crippen molar-refractivity contribution in [2.24, 2.45) is 0 Å². The van der Waals surface area contributed by atoms with Crippen LogP contribution in [0.5, 0.6) is 0 Å². The number of carbonyl (C=O) groups excluding carboxylic acids is 1. The molecule has 3 N–H and O–H groups in total. The molecule has 0 bridgehead atoms. The number of aliphatic carboxylic acids is 1. The minimum atomic E-state index is -0.988. The summed E-state index contributed by atoms with van der Waals surface area (Å²) in [7, 11) is 0. The molecule has 104 valence electrons. The van der Waals surface area contributed by atoms with Gasteiger partial charge in [-0.15, -0.1) is 0 Å². The molecule has 0 spiro atoms. The molecule has 0 aromatic carbocycles. The number of rotatable bonds is 5. The highest BCUT2D eigenvalue weighted by atomic mass is 32.2. The van der Waals surface area contributed by atoms with E-state index in [0.29, 0.717) is 11.7 Å². The lowest BCUT2D eigenvalue weighted by Crippen LogP contribution is -2.49. The van der Waals surface area contributed by atoms with Gasteiger partial charge < -0.3 is 15.7 Å². The molecule has 0 aliphatic heterocycles. The number of hydrogen-bond acceptors (Lipinski definition) is 3. The zero-order chi connectivity index (χ0) is 13.5. The van der Waals surface area contributed by atoms with E-state index in [1.165, 1.54) is 6.42 Å². The maximum atomic E-state index is 11.7. The monoisotopic (exact) mass is 274 g/mol. The maximum absolute atomic E-state index is 11.7. The number of nitrogens with one attached hydrogen (secondary N) is 2. The minimum absolute atomic E-state index is 0.169. The minimum Gasteiger partial charge on any atom is -0.480 e. The Labute approximate surface area is 112 Å². The second kappa shape index (κ2) is 7.51. The molecule has 2 unspecified atom stereocenters. The molecule has 1 aliphatic carbocycles. The van der Waals surface area contributed by atoms with E-state index < -0.39 is 12.0 Å². The molecule has 1 saturated carbocycles. The summed E-state index contributed by atoms with van der Waals surface area (Å²) in [5.41, 5.74) is 0. The standard InChI is InChI=1S/C12H22N2O3S/c1-3-10(11(15)16)14-12(17)13-8-5-4-6-9(7-8)18-2/h8-10H,3-7H2,1-2H3,(H,15,16)(H2,13,14,17)/t8?,9?,10-/m1/s1. The van der Waals surface area contributed by atoms with E-state index in [2.05, 4.69) is 16.9 Å². The molecule has 5 nitrogen and oxygen atoms in total. The largest absolute Gasteiger partial charge is 0.480 e. The SMILES string of the molecule is CC[C@@H](NC(=O)NC1CCCC(SC)C1)C(=O)O. The first-order chi connectivity index (χ1) is 8.56. The van der Waals surface area contributed by atoms with Crippen LogP contribution in [-0.2, 0) is 4.79 Å². The predicted octanol–water partition coefficient (Wildman–Crippen LogP) is 1.82. The molecule has 0 heterocycles. The number of carboxylic acids is 1. The molecule has 0 saturated heterocycles. The quantitative estimate of drug-likeness (QED) is 0.714. The zero-order valence-electron chi connectivity index (χ0n) is 10.9. The first kappa shape index (κ1) is 15.1. The predicted molar refractivity (Wildman–Crippen MR) is 72.9 cm³/mol. The number of amides is 2. The highest BCUT2D eigenvalue weighted by Gasteiger charge is 2.24. The van der Waals surface area contributed by atoms with Gasteiger partial charge in [-0.2, -0.15) is 11.8 Å². The van der Waals surface area contributed by atoms with Crippen molar-refractivity contribution in [3.8, 4) is 0 Å². The summed E-state index contributed by atoms with van der Waals surface area (Å²) in [4.78, 5) is 22.5. The number of hydrogen-bond donors (Lipinski definition) is 3. The van der Waals surface area contributed by atoms with E-state index in [0.717, 1.165) is 19.3 Å². The van der Waals surface area contributed by atoms with Gasteiger partial charge in [0.1, 0.15) is 6.04 Å². The topological polar surface area (TPSA) is 78.4 Å². The lowest BCUT2D eigenvalue weighted by atomic mass is 9.95. The van der Waals surface area contributed by atoms with Gasteiger partial charge in [0.25, 0.3) is 0 Å². The second-order valence-electron chi connectivity index (χ2n) is 4.64. The summed E-state index contributed by atoms with van der Waals surface area (Å²) in [5, 5.41) is 14.8. The third-order valence-corrected chi connectivity index (χ3v) is 4.40. The average molecular weight is 274 g/mol. The Kier molecular flexibility index (Phi) is 6.32. The van der Waals surface area contributed by atoms with Gasteiger partial charge in [0.05, 0.1) is 0 Å². The maximum Gasteiger partial charge on any atom is 0.326 e. The summed E-state index contributed by atoms with van der Waals surface area (Å²) in [6.07, 6.45) is 6.75. The van der Waals surface area contributed by atoms with Crippen molar-refractivity contribution in [1.82, 2.24) is 10.6 Å². The second-order valence-corrected chi connectivity index (χ2v) is 5.78. The molecule has 1 aliphatic rings. The van der Waals surface area contributed by atoms with E-state index in [9.17, 15) is 9.59 Å². The highest BCUT2D eigenvalue weighted by Crippen LogP contribution is 2.26. The molecule has 2 amide bonds. The van der Waals surface area contributed by atoms with E-state index in [1.54, 1.807) is 6.92 Å². The Morgan fingerprint density at radius 2 is 2.17 bits per heavy atom. The Balaban J connectivity index is 2.37. The summed E-state index contributed by atoms with van der Waals surface area (Å²) in [6.45, 7) is 1.74. The molecule has 1 fully saturated rings. The Bertz CT molecular complexity index is 299. The van der Waals surface area contributed by atoms with E-state index in [1.807, 2.05) is 11.8 Å². The van der Waals surface area contributed by atoms with Gasteiger partial charge in [-0.1, -0.05) is 13.3 Å². The highest BCUT2D eigenvalue weighted by molar-refractivity contribution is 7.99. The van der Waals surface area contributed by atoms with Crippen LogP contribution in [0.2, 0.25) is 0 Å². The Hall–Kier alpha value is -0.910. The number of carboxylic acid groups (broad SMARTS) is 1. The molecule has 0 aromatic heterocycles. The number of thioether (sulfide) groups is 1. The molecular formula is C12H22N2O3S. The average Bonchev–Trinajstić information content (AvgIpc) is 2.35. The smallest absolute Gasteiger partial charge is 0.326 e. The van der Waals surface area contributed by atoms with Crippen LogP contribution in [0.25, 0.3) is 0 Å². The number of urea groups is 1. The molecule has 0 radical (unpaired) electrons. The summed E-state index contributed by atoms with van der Waals surface area (Å²) >= 11 is 1.83. The van der Waals surface area contributed by atoms with Crippen molar-refractivity contribution in [1.29, 1.82) is 0 Å². The first-order valence-electron chi connectivity index (χ1n) is 6.39. The fraction of sp³-hybridized carbons (Fsp3) is 0.833. The lowest BCUT2D eigenvalue weighted by molar-refractivity contribution is -0.139. The Morgan fingerprint density at radius 1 is 1.44 bits per heavy atom. The lowest BCUT2D eigenvalue weighted by Gasteiger charge is -2.29. The third kappa shape index (κ3) is 4.76. The van der Waals surface area contributed by atoms with Crippen LogP contribution >= 0.6 is 11.8 Å². The molecule has 3 atom stereocenters. The summed E-state index contributed by atoms with van der Waals surface area (Å²) in [5.74, 6) is -0.988. The number of carbonyl (C=O) groups is 2. The third-order valence-electron chi connectivity index (χ3n) is 3.31. The van der Waals surface area contributed by atoms with Gasteiger partial charge in [-0.3, -0.25) is 0 Å². The van der Waals surface area contributed by atoms with Crippen LogP contribution in [0.15, 0.2) is 0 Å². The van der Waals surface area contributed by atoms with Gasteiger partial charge in [0.2, 0.25) is 0 Å². The Morgan fingerprint density at radius 3 is 2.72 bits per heavy atom. The molecule has 6 heteroatoms. The van der Waals surface area contributed by atoms with E-state index in [-0.39, 0.29) is 12.1 Å². The van der Waals surface area contributed by atoms with Crippen LogP contribution in [0.3, 0.4) is 0 Å². The first-order valence-corrected chi connectivity index (χ1v) is 7.68. The molecule has 1 rings (SSSR count). The van der Waals surface area contributed by atoms with Crippen LogP contribution in [0.1, 0.15) is 39.0 Å². The van der Waals surface area contributed by atoms with Gasteiger partial charge >= 0.3 is 12.0 Å². The van der Waals surface area contributed by atoms with E-state index >= 15 is 0 Å². The van der Waals surface area contributed by atoms with Crippen molar-refractivity contribution in [3.63, 3.8) is 0 Å². The van der Waals surface area contributed by atoms with Gasteiger partial charge in [-0.05, 0) is 31.9 Å². The van der Waals surface area contributed by atoms with Gasteiger partial charge in [0.15, 0.2) is 0 Å². The van der Waals surface area contributed by atoms with Crippen molar-refractivity contribution in [3.05, 3.63) is 0 Å². The zero-order valence-corrected chi connectivity index (χ0v) is 11.8.